The van der Waals surface area contributed by atoms with Crippen LogP contribution >= 0.6 is 11.6 Å². The van der Waals surface area contributed by atoms with Crippen molar-refractivity contribution in [3.63, 3.8) is 0 Å². The lowest BCUT2D eigenvalue weighted by molar-refractivity contribution is 0.880. The van der Waals surface area contributed by atoms with Crippen molar-refractivity contribution in [2.45, 2.75) is 6.92 Å². The van der Waals surface area contributed by atoms with Crippen molar-refractivity contribution in [3.8, 4) is 5.69 Å². The second kappa shape index (κ2) is 4.26. The van der Waals surface area contributed by atoms with Gasteiger partial charge in [0.25, 0.3) is 0 Å². The summed E-state index contributed by atoms with van der Waals surface area (Å²) in [4.78, 5) is 2.77. The molecule has 0 saturated carbocycles. The summed E-state index contributed by atoms with van der Waals surface area (Å²) in [6.45, 7) is 1.94. The summed E-state index contributed by atoms with van der Waals surface area (Å²) in [5.74, 6) is 0. The maximum absolute atomic E-state index is 8.47. The summed E-state index contributed by atoms with van der Waals surface area (Å²) >= 11 is 5.83. The van der Waals surface area contributed by atoms with Crippen LogP contribution in [0.15, 0.2) is 35.7 Å². The molecule has 0 aliphatic rings. The van der Waals surface area contributed by atoms with E-state index in [2.05, 4.69) is 15.1 Å². The number of rotatable bonds is 2. The molecule has 0 radical (unpaired) electrons. The van der Waals surface area contributed by atoms with Gasteiger partial charge in [-0.15, -0.1) is 0 Å². The number of benzene rings is 1. The number of halogens is 1. The third-order valence-electron chi connectivity index (χ3n) is 2.05. The smallest absolute Gasteiger partial charge is 0.0742 e. The van der Waals surface area contributed by atoms with Gasteiger partial charge in [-0.1, -0.05) is 16.7 Å². The van der Waals surface area contributed by atoms with Gasteiger partial charge in [-0.05, 0) is 36.2 Å². The predicted octanol–water partition coefficient (Wildman–Crippen LogP) is 3.78. The van der Waals surface area contributed by atoms with Gasteiger partial charge in [-0.3, -0.25) is 0 Å². The van der Waals surface area contributed by atoms with Gasteiger partial charge >= 0.3 is 0 Å². The lowest BCUT2D eigenvalue weighted by Crippen LogP contribution is -1.94. The van der Waals surface area contributed by atoms with Gasteiger partial charge in [0.05, 0.1) is 17.6 Å². The van der Waals surface area contributed by atoms with Gasteiger partial charge in [-0.2, -0.15) is 5.10 Å². The molecule has 0 aliphatic heterocycles. The molecule has 0 N–H and O–H groups in total. The van der Waals surface area contributed by atoms with Crippen LogP contribution in [0.1, 0.15) is 5.56 Å². The van der Waals surface area contributed by atoms with E-state index in [0.29, 0.717) is 16.4 Å². The standard InChI is InChI=1S/C10H8ClN5/c1-7-5-13-16(6-7)10-3-2-8(11)4-9(10)14-15-12/h2-6H,1H3. The van der Waals surface area contributed by atoms with Crippen LogP contribution in [0.2, 0.25) is 5.02 Å². The number of aromatic nitrogens is 2. The second-order valence-electron chi connectivity index (χ2n) is 3.28. The fourth-order valence-electron chi connectivity index (χ4n) is 1.36. The zero-order valence-electron chi connectivity index (χ0n) is 8.50. The summed E-state index contributed by atoms with van der Waals surface area (Å²) in [6, 6.07) is 5.09. The molecule has 0 aliphatic carbocycles. The van der Waals surface area contributed by atoms with E-state index in [-0.39, 0.29) is 0 Å². The largest absolute Gasteiger partial charge is 0.240 e. The Morgan fingerprint density at radius 3 is 2.94 bits per heavy atom. The molecule has 0 atom stereocenters. The van der Waals surface area contributed by atoms with Crippen LogP contribution in [0.5, 0.6) is 0 Å². The van der Waals surface area contributed by atoms with E-state index in [1.165, 1.54) is 0 Å². The number of azide groups is 1. The summed E-state index contributed by atoms with van der Waals surface area (Å²) in [6.07, 6.45) is 3.58. The van der Waals surface area contributed by atoms with Crippen LogP contribution in [0.4, 0.5) is 5.69 Å². The Labute approximate surface area is 96.9 Å². The third kappa shape index (κ3) is 2.00. The lowest BCUT2D eigenvalue weighted by Gasteiger charge is -2.05. The van der Waals surface area contributed by atoms with Gasteiger partial charge in [-0.25, -0.2) is 4.68 Å². The monoisotopic (exact) mass is 233 g/mol. The van der Waals surface area contributed by atoms with E-state index in [9.17, 15) is 0 Å². The molecular weight excluding hydrogens is 226 g/mol. The van der Waals surface area contributed by atoms with Gasteiger partial charge in [0.15, 0.2) is 0 Å². The molecule has 1 aromatic carbocycles. The minimum Gasteiger partial charge on any atom is -0.240 e. The fourth-order valence-corrected chi connectivity index (χ4v) is 1.53. The van der Waals surface area contributed by atoms with E-state index < -0.39 is 0 Å². The van der Waals surface area contributed by atoms with Crippen molar-refractivity contribution in [2.75, 3.05) is 0 Å². The van der Waals surface area contributed by atoms with Gasteiger partial charge < -0.3 is 0 Å². The zero-order valence-corrected chi connectivity index (χ0v) is 9.26. The minimum absolute atomic E-state index is 0.457. The third-order valence-corrected chi connectivity index (χ3v) is 2.28. The van der Waals surface area contributed by atoms with Crippen molar-refractivity contribution >= 4 is 17.3 Å². The van der Waals surface area contributed by atoms with Gasteiger partial charge in [0.1, 0.15) is 0 Å². The molecule has 0 fully saturated rings. The molecule has 6 heteroatoms. The Hall–Kier alpha value is -1.97. The van der Waals surface area contributed by atoms with Crippen molar-refractivity contribution in [2.24, 2.45) is 5.11 Å². The first-order chi connectivity index (χ1) is 7.70. The van der Waals surface area contributed by atoms with Crippen molar-refractivity contribution in [3.05, 3.63) is 51.6 Å². The van der Waals surface area contributed by atoms with E-state index >= 15 is 0 Å². The minimum atomic E-state index is 0.457. The highest BCUT2D eigenvalue weighted by Gasteiger charge is 2.04. The molecule has 2 rings (SSSR count). The molecule has 2 aromatic rings. The van der Waals surface area contributed by atoms with Crippen molar-refractivity contribution in [1.82, 2.24) is 9.78 Å². The molecule has 1 heterocycles. The summed E-state index contributed by atoms with van der Waals surface area (Å²) in [7, 11) is 0. The van der Waals surface area contributed by atoms with Crippen molar-refractivity contribution in [1.29, 1.82) is 0 Å². The van der Waals surface area contributed by atoms with Gasteiger partial charge in [0, 0.05) is 16.1 Å². The van der Waals surface area contributed by atoms with Crippen LogP contribution in [-0.4, -0.2) is 9.78 Å². The molecule has 80 valence electrons. The summed E-state index contributed by atoms with van der Waals surface area (Å²) < 4.78 is 1.65. The summed E-state index contributed by atoms with van der Waals surface area (Å²) in [5, 5.41) is 8.26. The average Bonchev–Trinajstić information content (AvgIpc) is 2.65. The highest BCUT2D eigenvalue weighted by atomic mass is 35.5. The molecule has 0 spiro atoms. The molecule has 0 bridgehead atoms. The quantitative estimate of drug-likeness (QED) is 0.442. The topological polar surface area (TPSA) is 66.6 Å². The highest BCUT2D eigenvalue weighted by molar-refractivity contribution is 6.30. The van der Waals surface area contributed by atoms with E-state index in [4.69, 9.17) is 17.1 Å². The summed E-state index contributed by atoms with van der Waals surface area (Å²) in [5.41, 5.74) is 10.7. The SMILES string of the molecule is Cc1cnn(-c2ccc(Cl)cc2N=[N+]=[N-])c1. The van der Waals surface area contributed by atoms with E-state index in [1.807, 2.05) is 13.1 Å². The first kappa shape index (κ1) is 10.5. The zero-order chi connectivity index (χ0) is 11.5. The van der Waals surface area contributed by atoms with Crippen LogP contribution in [0, 0.1) is 6.92 Å². The van der Waals surface area contributed by atoms with Crippen LogP contribution in [0.3, 0.4) is 0 Å². The molecule has 0 amide bonds. The first-order valence-electron chi connectivity index (χ1n) is 4.57. The Balaban J connectivity index is 2.59. The number of hydrogen-bond acceptors (Lipinski definition) is 2. The molecule has 0 saturated heterocycles. The average molecular weight is 234 g/mol. The molecule has 16 heavy (non-hydrogen) atoms. The van der Waals surface area contributed by atoms with Crippen LogP contribution in [-0.2, 0) is 0 Å². The molecule has 0 unspecified atom stereocenters. The first-order valence-corrected chi connectivity index (χ1v) is 4.95. The van der Waals surface area contributed by atoms with Crippen LogP contribution in [0.25, 0.3) is 16.1 Å². The van der Waals surface area contributed by atoms with E-state index in [0.717, 1.165) is 5.56 Å². The second-order valence-corrected chi connectivity index (χ2v) is 3.72. The Kier molecular flexibility index (Phi) is 2.81. The maximum atomic E-state index is 8.47. The lowest BCUT2D eigenvalue weighted by atomic mass is 10.2. The Morgan fingerprint density at radius 2 is 2.31 bits per heavy atom. The van der Waals surface area contributed by atoms with Crippen LogP contribution < -0.4 is 0 Å². The number of nitrogens with zero attached hydrogens (tertiary/aromatic N) is 5. The number of aryl methyl sites for hydroxylation is 1. The molecule has 5 nitrogen and oxygen atoms in total. The predicted molar refractivity (Wildman–Crippen MR) is 62.1 cm³/mol. The number of hydrogen-bond donors (Lipinski definition) is 0. The van der Waals surface area contributed by atoms with Crippen molar-refractivity contribution < 1.29 is 0 Å². The van der Waals surface area contributed by atoms with E-state index in [1.54, 1.807) is 29.1 Å². The highest BCUT2D eigenvalue weighted by Crippen LogP contribution is 2.27. The Morgan fingerprint density at radius 1 is 1.50 bits per heavy atom. The normalized spacial score (nSPS) is 9.88. The fraction of sp³-hybridized carbons (Fsp3) is 0.100. The van der Waals surface area contributed by atoms with Gasteiger partial charge in [0.2, 0.25) is 0 Å². The Bertz CT molecular complexity index is 568. The molecular formula is C10H8ClN5. The maximum Gasteiger partial charge on any atom is 0.0742 e. The molecule has 1 aromatic heterocycles.